The van der Waals surface area contributed by atoms with Crippen molar-refractivity contribution in [3.63, 3.8) is 0 Å². The van der Waals surface area contributed by atoms with Gasteiger partial charge in [-0.15, -0.1) is 0 Å². The van der Waals surface area contributed by atoms with Crippen LogP contribution >= 0.6 is 0 Å². The summed E-state index contributed by atoms with van der Waals surface area (Å²) in [4.78, 5) is 8.48. The first kappa shape index (κ1) is 13.4. The lowest BCUT2D eigenvalue weighted by Crippen LogP contribution is -2.09. The molecule has 0 spiro atoms. The molecule has 6 nitrogen and oxygen atoms in total. The number of hydrogen-bond donors (Lipinski definition) is 2. The van der Waals surface area contributed by atoms with Gasteiger partial charge in [0, 0.05) is 6.54 Å². The first-order chi connectivity index (χ1) is 10.3. The number of benzene rings is 1. The van der Waals surface area contributed by atoms with E-state index in [9.17, 15) is 4.39 Å². The quantitative estimate of drug-likeness (QED) is 0.698. The van der Waals surface area contributed by atoms with Crippen molar-refractivity contribution in [3.05, 3.63) is 42.6 Å². The summed E-state index contributed by atoms with van der Waals surface area (Å²) in [5, 5.41) is 8.35. The molecule has 7 heteroatoms. The van der Waals surface area contributed by atoms with E-state index in [2.05, 4.69) is 20.4 Å². The van der Waals surface area contributed by atoms with Crippen molar-refractivity contribution in [2.75, 3.05) is 18.4 Å². The molecule has 0 aliphatic carbocycles. The van der Waals surface area contributed by atoms with Crippen molar-refractivity contribution in [2.24, 2.45) is 5.73 Å². The number of rotatable bonds is 5. The van der Waals surface area contributed by atoms with Crippen LogP contribution in [0.15, 0.2) is 36.8 Å². The van der Waals surface area contributed by atoms with Crippen LogP contribution in [-0.4, -0.2) is 32.8 Å². The lowest BCUT2D eigenvalue weighted by atomic mass is 10.3. The molecule has 0 aliphatic rings. The SMILES string of the molecule is NCCCNc1ncnc2c1cnn2-c1ccc(F)cc1. The molecule has 0 saturated heterocycles. The Morgan fingerprint density at radius 1 is 1.19 bits per heavy atom. The van der Waals surface area contributed by atoms with Crippen LogP contribution in [0.5, 0.6) is 0 Å². The van der Waals surface area contributed by atoms with Crippen molar-refractivity contribution in [3.8, 4) is 5.69 Å². The molecular formula is C14H15FN6. The smallest absolute Gasteiger partial charge is 0.168 e. The Bertz CT molecular complexity index is 737. The van der Waals surface area contributed by atoms with Crippen molar-refractivity contribution >= 4 is 16.9 Å². The molecule has 21 heavy (non-hydrogen) atoms. The molecule has 2 heterocycles. The number of hydrogen-bond acceptors (Lipinski definition) is 5. The topological polar surface area (TPSA) is 81.7 Å². The van der Waals surface area contributed by atoms with Crippen LogP contribution in [-0.2, 0) is 0 Å². The summed E-state index contributed by atoms with van der Waals surface area (Å²) in [7, 11) is 0. The minimum Gasteiger partial charge on any atom is -0.369 e. The third-order valence-corrected chi connectivity index (χ3v) is 3.11. The third-order valence-electron chi connectivity index (χ3n) is 3.11. The fraction of sp³-hybridized carbons (Fsp3) is 0.214. The highest BCUT2D eigenvalue weighted by Gasteiger charge is 2.10. The average Bonchev–Trinajstić information content (AvgIpc) is 2.93. The van der Waals surface area contributed by atoms with E-state index in [0.29, 0.717) is 12.2 Å². The number of aromatic nitrogens is 4. The molecule has 0 amide bonds. The fourth-order valence-electron chi connectivity index (χ4n) is 2.07. The molecule has 3 N–H and O–H groups in total. The van der Waals surface area contributed by atoms with Crippen molar-refractivity contribution < 1.29 is 4.39 Å². The highest BCUT2D eigenvalue weighted by Crippen LogP contribution is 2.21. The van der Waals surface area contributed by atoms with Crippen LogP contribution in [0.2, 0.25) is 0 Å². The maximum atomic E-state index is 13.0. The van der Waals surface area contributed by atoms with E-state index in [1.165, 1.54) is 18.5 Å². The molecule has 1 aromatic carbocycles. The normalized spacial score (nSPS) is 11.0. The van der Waals surface area contributed by atoms with Gasteiger partial charge in [-0.3, -0.25) is 0 Å². The molecule has 0 unspecified atom stereocenters. The van der Waals surface area contributed by atoms with Crippen LogP contribution in [0.3, 0.4) is 0 Å². The van der Waals surface area contributed by atoms with Gasteiger partial charge < -0.3 is 11.1 Å². The summed E-state index contributed by atoms with van der Waals surface area (Å²) in [6, 6.07) is 6.10. The summed E-state index contributed by atoms with van der Waals surface area (Å²) < 4.78 is 14.7. The Hall–Kier alpha value is -2.54. The van der Waals surface area contributed by atoms with Gasteiger partial charge in [-0.1, -0.05) is 0 Å². The summed E-state index contributed by atoms with van der Waals surface area (Å²) in [6.07, 6.45) is 4.04. The van der Waals surface area contributed by atoms with E-state index >= 15 is 0 Å². The standard InChI is InChI=1S/C14H15FN6/c15-10-2-4-11(5-3-10)21-14-12(8-20-21)13(18-9-19-14)17-7-1-6-16/h2-5,8-9H,1,6-7,16H2,(H,17,18,19). The van der Waals surface area contributed by atoms with Crippen LogP contribution in [0.1, 0.15) is 6.42 Å². The predicted octanol–water partition coefficient (Wildman–Crippen LogP) is 1.72. The number of fused-ring (bicyclic) bond motifs is 1. The largest absolute Gasteiger partial charge is 0.369 e. The van der Waals surface area contributed by atoms with Crippen LogP contribution in [0.25, 0.3) is 16.7 Å². The molecule has 3 aromatic rings. The van der Waals surface area contributed by atoms with Crippen molar-refractivity contribution in [2.45, 2.75) is 6.42 Å². The van der Waals surface area contributed by atoms with Gasteiger partial charge in [-0.05, 0) is 37.2 Å². The second kappa shape index (κ2) is 5.84. The lowest BCUT2D eigenvalue weighted by Gasteiger charge is -2.06. The number of nitrogens with two attached hydrogens (primary N) is 1. The monoisotopic (exact) mass is 286 g/mol. The minimum absolute atomic E-state index is 0.283. The number of nitrogens with zero attached hydrogens (tertiary/aromatic N) is 4. The van der Waals surface area contributed by atoms with E-state index in [-0.39, 0.29) is 5.82 Å². The Morgan fingerprint density at radius 2 is 2.00 bits per heavy atom. The van der Waals surface area contributed by atoms with E-state index in [4.69, 9.17) is 5.73 Å². The van der Waals surface area contributed by atoms with E-state index in [1.54, 1.807) is 23.0 Å². The summed E-state index contributed by atoms with van der Waals surface area (Å²) in [6.45, 7) is 1.36. The Morgan fingerprint density at radius 3 is 2.76 bits per heavy atom. The molecule has 0 radical (unpaired) electrons. The maximum absolute atomic E-state index is 13.0. The van der Waals surface area contributed by atoms with Crippen LogP contribution in [0.4, 0.5) is 10.2 Å². The average molecular weight is 286 g/mol. The van der Waals surface area contributed by atoms with Gasteiger partial charge >= 0.3 is 0 Å². The molecule has 108 valence electrons. The zero-order chi connectivity index (χ0) is 14.7. The minimum atomic E-state index is -0.283. The zero-order valence-electron chi connectivity index (χ0n) is 11.3. The molecular weight excluding hydrogens is 271 g/mol. The Labute approximate surface area is 120 Å². The number of halogens is 1. The first-order valence-corrected chi connectivity index (χ1v) is 6.68. The number of anilines is 1. The van der Waals surface area contributed by atoms with Gasteiger partial charge in [0.05, 0.1) is 17.3 Å². The zero-order valence-corrected chi connectivity index (χ0v) is 11.3. The summed E-state index contributed by atoms with van der Waals surface area (Å²) in [5.41, 5.74) is 6.90. The molecule has 0 saturated carbocycles. The maximum Gasteiger partial charge on any atom is 0.168 e. The van der Waals surface area contributed by atoms with E-state index in [1.807, 2.05) is 0 Å². The fourth-order valence-corrected chi connectivity index (χ4v) is 2.07. The molecule has 3 rings (SSSR count). The van der Waals surface area contributed by atoms with Gasteiger partial charge in [0.2, 0.25) is 0 Å². The number of nitrogens with one attached hydrogen (secondary N) is 1. The highest BCUT2D eigenvalue weighted by atomic mass is 19.1. The van der Waals surface area contributed by atoms with E-state index in [0.717, 1.165) is 29.9 Å². The Kier molecular flexibility index (Phi) is 3.74. The van der Waals surface area contributed by atoms with Crippen molar-refractivity contribution in [1.82, 2.24) is 19.7 Å². The molecule has 0 aliphatic heterocycles. The van der Waals surface area contributed by atoms with Gasteiger partial charge in [0.15, 0.2) is 5.65 Å². The summed E-state index contributed by atoms with van der Waals surface area (Å²) in [5.74, 6) is 0.441. The molecule has 0 bridgehead atoms. The molecule has 0 fully saturated rings. The van der Waals surface area contributed by atoms with Crippen LogP contribution < -0.4 is 11.1 Å². The first-order valence-electron chi connectivity index (χ1n) is 6.68. The molecule has 0 atom stereocenters. The van der Waals surface area contributed by atoms with Gasteiger partial charge in [0.25, 0.3) is 0 Å². The highest BCUT2D eigenvalue weighted by molar-refractivity contribution is 5.87. The Balaban J connectivity index is 1.98. The summed E-state index contributed by atoms with van der Waals surface area (Å²) >= 11 is 0. The van der Waals surface area contributed by atoms with Crippen LogP contribution in [0, 0.1) is 5.82 Å². The second-order valence-corrected chi connectivity index (χ2v) is 4.56. The lowest BCUT2D eigenvalue weighted by molar-refractivity contribution is 0.627. The van der Waals surface area contributed by atoms with Gasteiger partial charge in [-0.2, -0.15) is 5.10 Å². The van der Waals surface area contributed by atoms with Gasteiger partial charge in [0.1, 0.15) is 18.0 Å². The predicted molar refractivity (Wildman–Crippen MR) is 78.8 cm³/mol. The third kappa shape index (κ3) is 2.68. The second-order valence-electron chi connectivity index (χ2n) is 4.56. The van der Waals surface area contributed by atoms with E-state index < -0.39 is 0 Å². The van der Waals surface area contributed by atoms with Gasteiger partial charge in [-0.25, -0.2) is 19.0 Å². The molecule has 2 aromatic heterocycles. The van der Waals surface area contributed by atoms with Crippen molar-refractivity contribution in [1.29, 1.82) is 0 Å².